The molecule has 0 saturated heterocycles. The van der Waals surface area contributed by atoms with Gasteiger partial charge >= 0.3 is 0 Å². The first-order chi connectivity index (χ1) is 13.4. The number of amides is 1. The molecule has 0 unspecified atom stereocenters. The third kappa shape index (κ3) is 4.32. The fraction of sp³-hybridized carbons (Fsp3) is 0.211. The van der Waals surface area contributed by atoms with E-state index in [2.05, 4.69) is 20.8 Å². The number of thioether (sulfide) groups is 1. The maximum Gasteiger partial charge on any atom is 0.237 e. The average Bonchev–Trinajstić information content (AvgIpc) is 3.11. The Bertz CT molecular complexity index is 1070. The number of carbonyl (C=O) groups is 1. The highest BCUT2D eigenvalue weighted by atomic mass is 35.5. The van der Waals surface area contributed by atoms with Crippen molar-refractivity contribution in [2.24, 2.45) is 0 Å². The number of benzene rings is 2. The number of nitrogens with zero attached hydrogens (tertiary/aromatic N) is 5. The molecule has 28 heavy (non-hydrogen) atoms. The molecule has 1 amide bonds. The first-order valence-electron chi connectivity index (χ1n) is 8.42. The van der Waals surface area contributed by atoms with Crippen LogP contribution in [0.1, 0.15) is 23.6 Å². The molecule has 3 aromatic rings. The van der Waals surface area contributed by atoms with E-state index in [1.807, 2.05) is 38.1 Å². The van der Waals surface area contributed by atoms with Crippen molar-refractivity contribution in [2.45, 2.75) is 31.2 Å². The van der Waals surface area contributed by atoms with Gasteiger partial charge in [-0.25, -0.2) is 0 Å². The van der Waals surface area contributed by atoms with Crippen LogP contribution in [0.25, 0.3) is 5.69 Å². The molecule has 0 radical (unpaired) electrons. The standard InChI is InChI=1S/C19H17ClN6OS/c1-11-4-5-12(2)17(8-11)26-19(23-24-25-26)28-13(3)18(27)22-15-7-6-14(10-21)16(20)9-15/h4-9,13H,1-3H3,(H,22,27)/t13-/m1/s1. The lowest BCUT2D eigenvalue weighted by molar-refractivity contribution is -0.115. The largest absolute Gasteiger partial charge is 0.325 e. The fourth-order valence-electron chi connectivity index (χ4n) is 2.49. The van der Waals surface area contributed by atoms with Crippen molar-refractivity contribution in [1.29, 1.82) is 5.26 Å². The van der Waals surface area contributed by atoms with Crippen molar-refractivity contribution in [1.82, 2.24) is 20.2 Å². The highest BCUT2D eigenvalue weighted by molar-refractivity contribution is 8.00. The van der Waals surface area contributed by atoms with Crippen LogP contribution in [0.15, 0.2) is 41.6 Å². The van der Waals surface area contributed by atoms with E-state index in [1.54, 1.807) is 29.8 Å². The lowest BCUT2D eigenvalue weighted by Crippen LogP contribution is -2.23. The van der Waals surface area contributed by atoms with Crippen LogP contribution >= 0.6 is 23.4 Å². The van der Waals surface area contributed by atoms with Gasteiger partial charge in [0.1, 0.15) is 6.07 Å². The van der Waals surface area contributed by atoms with Gasteiger partial charge in [-0.3, -0.25) is 4.79 Å². The predicted molar refractivity (Wildman–Crippen MR) is 109 cm³/mol. The summed E-state index contributed by atoms with van der Waals surface area (Å²) in [5.74, 6) is -0.221. The molecule has 1 atom stereocenters. The molecule has 1 heterocycles. The second-order valence-corrected chi connectivity index (χ2v) is 7.93. The van der Waals surface area contributed by atoms with Gasteiger partial charge < -0.3 is 5.32 Å². The van der Waals surface area contributed by atoms with E-state index in [1.165, 1.54) is 11.8 Å². The van der Waals surface area contributed by atoms with E-state index in [-0.39, 0.29) is 5.91 Å². The van der Waals surface area contributed by atoms with Crippen LogP contribution in [-0.2, 0) is 4.79 Å². The molecule has 0 aliphatic heterocycles. The van der Waals surface area contributed by atoms with Crippen molar-refractivity contribution in [3.05, 3.63) is 58.1 Å². The quantitative estimate of drug-likeness (QED) is 0.638. The van der Waals surface area contributed by atoms with Crippen LogP contribution in [0.5, 0.6) is 0 Å². The highest BCUT2D eigenvalue weighted by Crippen LogP contribution is 2.26. The molecule has 0 bridgehead atoms. The Morgan fingerprint density at radius 2 is 2.07 bits per heavy atom. The van der Waals surface area contributed by atoms with Crippen LogP contribution in [0.4, 0.5) is 5.69 Å². The van der Waals surface area contributed by atoms with E-state index in [4.69, 9.17) is 16.9 Å². The second kappa shape index (κ2) is 8.42. The summed E-state index contributed by atoms with van der Waals surface area (Å²) >= 11 is 7.27. The topological polar surface area (TPSA) is 96.5 Å². The molecule has 0 fully saturated rings. The number of rotatable bonds is 5. The summed E-state index contributed by atoms with van der Waals surface area (Å²) in [7, 11) is 0. The van der Waals surface area contributed by atoms with Gasteiger partial charge in [0.25, 0.3) is 0 Å². The lowest BCUT2D eigenvalue weighted by atomic mass is 10.1. The normalized spacial score (nSPS) is 11.7. The Morgan fingerprint density at radius 1 is 1.29 bits per heavy atom. The smallest absolute Gasteiger partial charge is 0.237 e. The Kier molecular flexibility index (Phi) is 5.97. The number of carbonyl (C=O) groups excluding carboxylic acids is 1. The number of anilines is 1. The molecule has 0 aliphatic carbocycles. The van der Waals surface area contributed by atoms with Crippen molar-refractivity contribution in [3.63, 3.8) is 0 Å². The molecular formula is C19H17ClN6OS. The molecule has 9 heteroatoms. The van der Waals surface area contributed by atoms with Gasteiger partial charge in [0.05, 0.1) is 21.5 Å². The van der Waals surface area contributed by atoms with Crippen molar-refractivity contribution in [3.8, 4) is 11.8 Å². The van der Waals surface area contributed by atoms with Crippen LogP contribution in [0.2, 0.25) is 5.02 Å². The average molecular weight is 413 g/mol. The zero-order valence-electron chi connectivity index (χ0n) is 15.5. The Morgan fingerprint density at radius 3 is 2.79 bits per heavy atom. The number of aromatic nitrogens is 4. The summed E-state index contributed by atoms with van der Waals surface area (Å²) in [6.45, 7) is 5.75. The molecule has 0 saturated carbocycles. The molecule has 2 aromatic carbocycles. The van der Waals surface area contributed by atoms with E-state index in [0.717, 1.165) is 16.8 Å². The lowest BCUT2D eigenvalue weighted by Gasteiger charge is -2.13. The van der Waals surface area contributed by atoms with Gasteiger partial charge in [-0.15, -0.1) is 5.10 Å². The monoisotopic (exact) mass is 412 g/mol. The van der Waals surface area contributed by atoms with Gasteiger partial charge in [0, 0.05) is 5.69 Å². The first-order valence-corrected chi connectivity index (χ1v) is 9.68. The van der Waals surface area contributed by atoms with Crippen molar-refractivity contribution >= 4 is 35.0 Å². The summed E-state index contributed by atoms with van der Waals surface area (Å²) in [5, 5.41) is 24.0. The summed E-state index contributed by atoms with van der Waals surface area (Å²) in [6, 6.07) is 12.8. The van der Waals surface area contributed by atoms with Gasteiger partial charge in [-0.2, -0.15) is 9.94 Å². The summed E-state index contributed by atoms with van der Waals surface area (Å²) in [6.07, 6.45) is 0. The van der Waals surface area contributed by atoms with Gasteiger partial charge in [0.15, 0.2) is 0 Å². The minimum Gasteiger partial charge on any atom is -0.325 e. The van der Waals surface area contributed by atoms with E-state index in [9.17, 15) is 4.79 Å². The van der Waals surface area contributed by atoms with Gasteiger partial charge in [-0.05, 0) is 66.6 Å². The maximum atomic E-state index is 12.6. The number of hydrogen-bond acceptors (Lipinski definition) is 6. The molecule has 0 spiro atoms. The zero-order valence-corrected chi connectivity index (χ0v) is 17.0. The third-order valence-electron chi connectivity index (χ3n) is 4.04. The van der Waals surface area contributed by atoms with Crippen LogP contribution < -0.4 is 5.32 Å². The minimum absolute atomic E-state index is 0.221. The number of nitrogens with one attached hydrogen (secondary N) is 1. The molecular weight excluding hydrogens is 396 g/mol. The molecule has 1 aromatic heterocycles. The van der Waals surface area contributed by atoms with E-state index < -0.39 is 5.25 Å². The van der Waals surface area contributed by atoms with Crippen LogP contribution in [0, 0.1) is 25.2 Å². The number of nitriles is 1. The Balaban J connectivity index is 1.75. The number of halogens is 1. The number of tetrazole rings is 1. The van der Waals surface area contributed by atoms with Crippen molar-refractivity contribution in [2.75, 3.05) is 5.32 Å². The number of aryl methyl sites for hydroxylation is 2. The minimum atomic E-state index is -0.454. The summed E-state index contributed by atoms with van der Waals surface area (Å²) in [4.78, 5) is 12.6. The molecule has 7 nitrogen and oxygen atoms in total. The molecule has 1 N–H and O–H groups in total. The molecule has 142 valence electrons. The van der Waals surface area contributed by atoms with Gasteiger partial charge in [-0.1, -0.05) is 35.5 Å². The van der Waals surface area contributed by atoms with Crippen molar-refractivity contribution < 1.29 is 4.79 Å². The second-order valence-electron chi connectivity index (χ2n) is 6.22. The van der Waals surface area contributed by atoms with E-state index in [0.29, 0.717) is 21.4 Å². The Labute approximate surface area is 171 Å². The SMILES string of the molecule is Cc1ccc(C)c(-n2nnnc2S[C@H](C)C(=O)Nc2ccc(C#N)c(Cl)c2)c1. The molecule has 3 rings (SSSR count). The van der Waals surface area contributed by atoms with Gasteiger partial charge in [0.2, 0.25) is 11.1 Å². The number of hydrogen-bond donors (Lipinski definition) is 1. The van der Waals surface area contributed by atoms with E-state index >= 15 is 0 Å². The zero-order chi connectivity index (χ0) is 20.3. The van der Waals surface area contributed by atoms with Crippen LogP contribution in [-0.4, -0.2) is 31.4 Å². The third-order valence-corrected chi connectivity index (χ3v) is 5.39. The predicted octanol–water partition coefficient (Wildman–Crippen LogP) is 3.92. The van der Waals surface area contributed by atoms with Crippen LogP contribution in [0.3, 0.4) is 0 Å². The fourth-order valence-corrected chi connectivity index (χ4v) is 3.51. The molecule has 0 aliphatic rings. The summed E-state index contributed by atoms with van der Waals surface area (Å²) < 4.78 is 1.63. The Hall–Kier alpha value is -2.89. The first kappa shape index (κ1) is 19.9. The summed E-state index contributed by atoms with van der Waals surface area (Å²) in [5.41, 5.74) is 3.88. The highest BCUT2D eigenvalue weighted by Gasteiger charge is 2.20. The maximum absolute atomic E-state index is 12.6.